The molecule has 0 unspecified atom stereocenters. The van der Waals surface area contributed by atoms with Gasteiger partial charge in [0.25, 0.3) is 0 Å². The van der Waals surface area contributed by atoms with Crippen LogP contribution in [0.5, 0.6) is 5.75 Å². The fourth-order valence-corrected chi connectivity index (χ4v) is 3.63. The summed E-state index contributed by atoms with van der Waals surface area (Å²) in [6, 6.07) is 6.12. The van der Waals surface area contributed by atoms with Gasteiger partial charge in [0.2, 0.25) is 11.0 Å². The number of carbonyl (C=O) groups is 1. The zero-order chi connectivity index (χ0) is 18.9. The molecule has 142 valence electrons. The van der Waals surface area contributed by atoms with Gasteiger partial charge in [-0.1, -0.05) is 44.6 Å². The van der Waals surface area contributed by atoms with Gasteiger partial charge in [0.05, 0.1) is 11.1 Å². The predicted octanol–water partition coefficient (Wildman–Crippen LogP) is 5.56. The molecule has 0 fully saturated rings. The van der Waals surface area contributed by atoms with Gasteiger partial charge in [0, 0.05) is 12.8 Å². The van der Waals surface area contributed by atoms with Crippen LogP contribution in [0, 0.1) is 0 Å². The van der Waals surface area contributed by atoms with Gasteiger partial charge in [-0.05, 0) is 52.4 Å². The van der Waals surface area contributed by atoms with E-state index in [1.165, 1.54) is 16.9 Å². The van der Waals surface area contributed by atoms with Crippen molar-refractivity contribution in [2.45, 2.75) is 58.8 Å². The minimum absolute atomic E-state index is 0.0546. The van der Waals surface area contributed by atoms with E-state index >= 15 is 0 Å². The summed E-state index contributed by atoms with van der Waals surface area (Å²) in [5.74, 6) is 1.23. The molecule has 1 amide bonds. The largest absolute Gasteiger partial charge is 0.492 e. The van der Waals surface area contributed by atoms with E-state index < -0.39 is 0 Å². The Morgan fingerprint density at radius 3 is 2.81 bits per heavy atom. The van der Waals surface area contributed by atoms with Crippen LogP contribution in [-0.2, 0) is 11.2 Å². The average molecular weight is 440 g/mol. The average Bonchev–Trinajstić information content (AvgIpc) is 3.05. The highest BCUT2D eigenvalue weighted by atomic mass is 79.9. The van der Waals surface area contributed by atoms with Crippen molar-refractivity contribution in [1.82, 2.24) is 10.2 Å². The zero-order valence-electron chi connectivity index (χ0n) is 15.5. The first kappa shape index (κ1) is 20.8. The summed E-state index contributed by atoms with van der Waals surface area (Å²) in [4.78, 5) is 12.0. The van der Waals surface area contributed by atoms with Crippen LogP contribution in [0.15, 0.2) is 22.7 Å². The second-order valence-electron chi connectivity index (χ2n) is 6.45. The van der Waals surface area contributed by atoms with Crippen LogP contribution in [-0.4, -0.2) is 22.7 Å². The van der Waals surface area contributed by atoms with Crippen molar-refractivity contribution in [2.24, 2.45) is 0 Å². The molecule has 1 N–H and O–H groups in total. The van der Waals surface area contributed by atoms with Crippen LogP contribution in [0.1, 0.15) is 62.9 Å². The van der Waals surface area contributed by atoms with Gasteiger partial charge in [-0.15, -0.1) is 10.2 Å². The Morgan fingerprint density at radius 2 is 2.12 bits per heavy atom. The quantitative estimate of drug-likeness (QED) is 0.491. The first-order chi connectivity index (χ1) is 12.5. The van der Waals surface area contributed by atoms with Gasteiger partial charge in [0.1, 0.15) is 10.8 Å². The van der Waals surface area contributed by atoms with Crippen LogP contribution in [0.3, 0.4) is 0 Å². The minimum Gasteiger partial charge on any atom is -0.492 e. The third-order valence-corrected chi connectivity index (χ3v) is 5.40. The Hall–Kier alpha value is -1.47. The van der Waals surface area contributed by atoms with Crippen molar-refractivity contribution in [2.75, 3.05) is 11.9 Å². The third kappa shape index (κ3) is 6.68. The molecule has 0 aliphatic rings. The van der Waals surface area contributed by atoms with Gasteiger partial charge in [-0.3, -0.25) is 4.79 Å². The number of amides is 1. The molecular weight excluding hydrogens is 414 g/mol. The highest BCUT2D eigenvalue weighted by Crippen LogP contribution is 2.29. The fourth-order valence-electron chi connectivity index (χ4n) is 2.32. The molecule has 0 radical (unpaired) electrons. The van der Waals surface area contributed by atoms with E-state index in [2.05, 4.69) is 64.3 Å². The lowest BCUT2D eigenvalue weighted by atomic mass is 10.0. The van der Waals surface area contributed by atoms with Gasteiger partial charge < -0.3 is 10.1 Å². The first-order valence-corrected chi connectivity index (χ1v) is 10.6. The van der Waals surface area contributed by atoms with E-state index in [1.54, 1.807) is 0 Å². The lowest BCUT2D eigenvalue weighted by Crippen LogP contribution is -2.12. The molecule has 0 saturated heterocycles. The number of hydrogen-bond acceptors (Lipinski definition) is 5. The number of halogens is 1. The number of carbonyl (C=O) groups excluding carboxylic acids is 1. The topological polar surface area (TPSA) is 64.1 Å². The molecule has 2 aromatic rings. The molecule has 0 aliphatic carbocycles. The number of ether oxygens (including phenoxy) is 1. The van der Waals surface area contributed by atoms with E-state index in [-0.39, 0.29) is 5.91 Å². The fraction of sp³-hybridized carbons (Fsp3) is 0.526. The summed E-state index contributed by atoms with van der Waals surface area (Å²) in [5.41, 5.74) is 1.26. The Kier molecular flexibility index (Phi) is 8.51. The van der Waals surface area contributed by atoms with Crippen molar-refractivity contribution in [3.05, 3.63) is 33.2 Å². The molecular formula is C19H26BrN3O2S. The van der Waals surface area contributed by atoms with Crippen molar-refractivity contribution in [3.63, 3.8) is 0 Å². The van der Waals surface area contributed by atoms with Crippen LogP contribution in [0.4, 0.5) is 5.13 Å². The molecule has 0 spiro atoms. The Balaban J connectivity index is 1.71. The molecule has 26 heavy (non-hydrogen) atoms. The normalized spacial score (nSPS) is 11.0. The van der Waals surface area contributed by atoms with Crippen molar-refractivity contribution >= 4 is 38.3 Å². The zero-order valence-corrected chi connectivity index (χ0v) is 18.0. The lowest BCUT2D eigenvalue weighted by molar-refractivity contribution is -0.116. The van der Waals surface area contributed by atoms with E-state index in [0.717, 1.165) is 34.5 Å². The number of nitrogens with one attached hydrogen (secondary N) is 1. The number of hydrogen-bond donors (Lipinski definition) is 1. The second kappa shape index (κ2) is 10.6. The Morgan fingerprint density at radius 1 is 1.31 bits per heavy atom. The second-order valence-corrected chi connectivity index (χ2v) is 8.37. The number of aromatic nitrogens is 2. The maximum Gasteiger partial charge on any atom is 0.226 e. The Bertz CT molecular complexity index is 719. The number of aryl methyl sites for hydroxylation is 1. The molecule has 1 aromatic carbocycles. The highest BCUT2D eigenvalue weighted by molar-refractivity contribution is 9.10. The summed E-state index contributed by atoms with van der Waals surface area (Å²) in [6.45, 7) is 6.95. The van der Waals surface area contributed by atoms with Crippen molar-refractivity contribution in [1.29, 1.82) is 0 Å². The highest BCUT2D eigenvalue weighted by Gasteiger charge is 2.09. The van der Waals surface area contributed by atoms with Gasteiger partial charge in [-0.2, -0.15) is 0 Å². The summed E-state index contributed by atoms with van der Waals surface area (Å²) in [6.07, 6.45) is 4.17. The van der Waals surface area contributed by atoms with Crippen LogP contribution >= 0.6 is 27.3 Å². The van der Waals surface area contributed by atoms with E-state index in [9.17, 15) is 4.79 Å². The molecule has 1 heterocycles. The van der Waals surface area contributed by atoms with Crippen LogP contribution < -0.4 is 10.1 Å². The van der Waals surface area contributed by atoms with Gasteiger partial charge in [0.15, 0.2) is 0 Å². The van der Waals surface area contributed by atoms with Crippen LogP contribution in [0.2, 0.25) is 0 Å². The molecule has 5 nitrogen and oxygen atoms in total. The summed E-state index contributed by atoms with van der Waals surface area (Å²) in [7, 11) is 0. The number of unbranched alkanes of at least 4 members (excludes halogenated alkanes) is 1. The monoisotopic (exact) mass is 439 g/mol. The van der Waals surface area contributed by atoms with Gasteiger partial charge >= 0.3 is 0 Å². The standard InChI is InChI=1S/C19H26BrN3O2S/c1-4-5-8-18-22-23-19(26-18)21-17(24)7-6-11-25-16-10-9-14(13(2)3)12-15(16)20/h9-10,12-13H,4-8,11H2,1-3H3,(H,21,23,24). The Labute approximate surface area is 167 Å². The summed E-state index contributed by atoms with van der Waals surface area (Å²) in [5, 5.41) is 12.5. The predicted molar refractivity (Wildman–Crippen MR) is 110 cm³/mol. The SMILES string of the molecule is CCCCc1nnc(NC(=O)CCCOc2ccc(C(C)C)cc2Br)s1. The minimum atomic E-state index is -0.0546. The maximum atomic E-state index is 12.0. The molecule has 2 rings (SSSR count). The van der Waals surface area contributed by atoms with Gasteiger partial charge in [-0.25, -0.2) is 0 Å². The molecule has 0 bridgehead atoms. The molecule has 0 atom stereocenters. The van der Waals surface area contributed by atoms with Crippen molar-refractivity contribution in [3.8, 4) is 5.75 Å². The van der Waals surface area contributed by atoms with E-state index in [4.69, 9.17) is 4.74 Å². The third-order valence-electron chi connectivity index (χ3n) is 3.89. The first-order valence-electron chi connectivity index (χ1n) is 9.04. The van der Waals surface area contributed by atoms with Crippen molar-refractivity contribution < 1.29 is 9.53 Å². The van der Waals surface area contributed by atoms with E-state index in [1.807, 2.05) is 6.07 Å². The maximum absolute atomic E-state index is 12.0. The summed E-state index contributed by atoms with van der Waals surface area (Å²) >= 11 is 4.99. The number of rotatable bonds is 10. The molecule has 0 saturated carbocycles. The number of nitrogens with zero attached hydrogens (tertiary/aromatic N) is 2. The molecule has 0 aliphatic heterocycles. The molecule has 7 heteroatoms. The van der Waals surface area contributed by atoms with E-state index in [0.29, 0.717) is 30.5 Å². The smallest absolute Gasteiger partial charge is 0.226 e. The number of anilines is 1. The summed E-state index contributed by atoms with van der Waals surface area (Å²) < 4.78 is 6.71. The number of benzene rings is 1. The van der Waals surface area contributed by atoms with Crippen LogP contribution in [0.25, 0.3) is 0 Å². The lowest BCUT2D eigenvalue weighted by Gasteiger charge is -2.11. The molecule has 1 aromatic heterocycles.